The van der Waals surface area contributed by atoms with E-state index in [2.05, 4.69) is 10.0 Å². The van der Waals surface area contributed by atoms with Crippen molar-refractivity contribution in [1.82, 2.24) is 5.32 Å². The maximum atomic E-state index is 12.9. The molecule has 0 aliphatic carbocycles. The molecule has 32 heavy (non-hydrogen) atoms. The second kappa shape index (κ2) is 9.04. The van der Waals surface area contributed by atoms with Crippen LogP contribution in [0, 0.1) is 13.8 Å². The van der Waals surface area contributed by atoms with Gasteiger partial charge in [-0.3, -0.25) is 9.52 Å². The number of hydrogen-bond donors (Lipinski definition) is 2. The minimum Gasteiger partial charge on any atom is -0.348 e. The second-order valence-corrected chi connectivity index (χ2v) is 8.96. The minimum atomic E-state index is -4.47. The molecule has 9 heteroatoms. The zero-order chi connectivity index (χ0) is 23.5. The fourth-order valence-corrected chi connectivity index (χ4v) is 4.17. The zero-order valence-electron chi connectivity index (χ0n) is 17.3. The lowest BCUT2D eigenvalue weighted by molar-refractivity contribution is -0.137. The van der Waals surface area contributed by atoms with Crippen molar-refractivity contribution >= 4 is 21.6 Å². The van der Waals surface area contributed by atoms with E-state index in [0.717, 1.165) is 17.7 Å². The fraction of sp³-hybridized carbons (Fsp3) is 0.174. The van der Waals surface area contributed by atoms with Gasteiger partial charge in [-0.05, 0) is 61.4 Å². The molecule has 3 rings (SSSR count). The lowest BCUT2D eigenvalue weighted by atomic mass is 10.1. The number of rotatable bonds is 6. The van der Waals surface area contributed by atoms with Crippen molar-refractivity contribution in [3.8, 4) is 0 Å². The number of hydrogen-bond acceptors (Lipinski definition) is 3. The van der Waals surface area contributed by atoms with Crippen LogP contribution in [0.3, 0.4) is 0 Å². The average molecular weight is 462 g/mol. The molecule has 168 valence electrons. The van der Waals surface area contributed by atoms with E-state index in [1.165, 1.54) is 42.5 Å². The molecule has 0 aliphatic rings. The van der Waals surface area contributed by atoms with Crippen LogP contribution in [-0.4, -0.2) is 14.3 Å². The Hall–Kier alpha value is -3.33. The molecule has 0 aliphatic heterocycles. The smallest absolute Gasteiger partial charge is 0.348 e. The summed E-state index contributed by atoms with van der Waals surface area (Å²) in [6, 6.07) is 15.6. The molecular weight excluding hydrogens is 441 g/mol. The van der Waals surface area contributed by atoms with Crippen LogP contribution in [0.4, 0.5) is 18.9 Å². The third-order valence-corrected chi connectivity index (χ3v) is 6.24. The number of nitrogens with one attached hydrogen (secondary N) is 2. The first kappa shape index (κ1) is 23.3. The Morgan fingerprint density at radius 1 is 0.938 bits per heavy atom. The molecule has 3 aromatic rings. The summed E-state index contributed by atoms with van der Waals surface area (Å²) in [6.07, 6.45) is -4.47. The van der Waals surface area contributed by atoms with Crippen molar-refractivity contribution in [2.75, 3.05) is 4.72 Å². The minimum absolute atomic E-state index is 0.0851. The van der Waals surface area contributed by atoms with Crippen molar-refractivity contribution in [1.29, 1.82) is 0 Å². The van der Waals surface area contributed by atoms with E-state index >= 15 is 0 Å². The van der Waals surface area contributed by atoms with E-state index in [1.54, 1.807) is 19.1 Å². The van der Waals surface area contributed by atoms with Gasteiger partial charge in [-0.25, -0.2) is 8.42 Å². The van der Waals surface area contributed by atoms with Gasteiger partial charge in [-0.2, -0.15) is 13.2 Å². The Morgan fingerprint density at radius 3 is 2.25 bits per heavy atom. The Bertz CT molecular complexity index is 1240. The standard InChI is InChI=1S/C23H21F3N2O3S/c1-15-9-11-19(12-10-15)32(30,31)28-21-8-4-7-20(16(21)2)22(29)27-14-17-5-3-6-18(13-17)23(24,25)26/h3-13,28H,14H2,1-2H3,(H,27,29). The van der Waals surface area contributed by atoms with Crippen LogP contribution >= 0.6 is 0 Å². The number of anilines is 1. The van der Waals surface area contributed by atoms with Gasteiger partial charge in [0.15, 0.2) is 0 Å². The van der Waals surface area contributed by atoms with Gasteiger partial charge in [0.2, 0.25) is 0 Å². The Balaban J connectivity index is 1.76. The average Bonchev–Trinajstić information content (AvgIpc) is 2.73. The molecule has 0 unspecified atom stereocenters. The van der Waals surface area contributed by atoms with Gasteiger partial charge in [0.05, 0.1) is 16.1 Å². The number of sulfonamides is 1. The van der Waals surface area contributed by atoms with Gasteiger partial charge in [-0.15, -0.1) is 0 Å². The predicted octanol–water partition coefficient (Wildman–Crippen LogP) is 5.05. The summed E-state index contributed by atoms with van der Waals surface area (Å²) in [5.74, 6) is -0.531. The van der Waals surface area contributed by atoms with Crippen LogP contribution in [0.15, 0.2) is 71.6 Å². The molecule has 0 heterocycles. The van der Waals surface area contributed by atoms with Crippen molar-refractivity contribution in [2.45, 2.75) is 31.5 Å². The molecule has 0 aromatic heterocycles. The quantitative estimate of drug-likeness (QED) is 0.538. The highest BCUT2D eigenvalue weighted by molar-refractivity contribution is 7.92. The Labute approximate surface area is 184 Å². The SMILES string of the molecule is Cc1ccc(S(=O)(=O)Nc2cccc(C(=O)NCc3cccc(C(F)(F)F)c3)c2C)cc1. The van der Waals surface area contributed by atoms with Crippen molar-refractivity contribution in [2.24, 2.45) is 0 Å². The van der Waals surface area contributed by atoms with E-state index in [-0.39, 0.29) is 22.7 Å². The van der Waals surface area contributed by atoms with E-state index < -0.39 is 27.7 Å². The first-order valence-electron chi connectivity index (χ1n) is 9.61. The Morgan fingerprint density at radius 2 is 1.59 bits per heavy atom. The van der Waals surface area contributed by atoms with Crippen molar-refractivity contribution in [3.63, 3.8) is 0 Å². The first-order valence-corrected chi connectivity index (χ1v) is 11.1. The highest BCUT2D eigenvalue weighted by Crippen LogP contribution is 2.29. The van der Waals surface area contributed by atoms with Gasteiger partial charge < -0.3 is 5.32 Å². The van der Waals surface area contributed by atoms with E-state index in [4.69, 9.17) is 0 Å². The number of halogens is 3. The molecule has 0 saturated carbocycles. The molecule has 0 fully saturated rings. The maximum Gasteiger partial charge on any atom is 0.416 e. The van der Waals surface area contributed by atoms with Crippen LogP contribution in [0.5, 0.6) is 0 Å². The van der Waals surface area contributed by atoms with Gasteiger partial charge in [0.25, 0.3) is 15.9 Å². The van der Waals surface area contributed by atoms with Crippen LogP contribution in [0.1, 0.15) is 32.6 Å². The number of alkyl halides is 3. The summed E-state index contributed by atoms with van der Waals surface area (Å²) in [7, 11) is -3.86. The summed E-state index contributed by atoms with van der Waals surface area (Å²) in [5.41, 5.74) is 1.25. The fourth-order valence-electron chi connectivity index (χ4n) is 3.05. The van der Waals surface area contributed by atoms with E-state index in [0.29, 0.717) is 11.1 Å². The Kier molecular flexibility index (Phi) is 6.59. The summed E-state index contributed by atoms with van der Waals surface area (Å²) in [5, 5.41) is 2.58. The van der Waals surface area contributed by atoms with E-state index in [1.807, 2.05) is 6.92 Å². The van der Waals surface area contributed by atoms with Gasteiger partial charge in [0, 0.05) is 12.1 Å². The highest BCUT2D eigenvalue weighted by Gasteiger charge is 2.30. The van der Waals surface area contributed by atoms with Crippen LogP contribution in [0.25, 0.3) is 0 Å². The summed E-state index contributed by atoms with van der Waals surface area (Å²) < 4.78 is 66.4. The molecule has 5 nitrogen and oxygen atoms in total. The molecule has 0 radical (unpaired) electrons. The zero-order valence-corrected chi connectivity index (χ0v) is 18.1. The first-order chi connectivity index (χ1) is 15.0. The normalized spacial score (nSPS) is 11.8. The van der Waals surface area contributed by atoms with Gasteiger partial charge in [-0.1, -0.05) is 35.9 Å². The number of benzene rings is 3. The number of aryl methyl sites for hydroxylation is 1. The molecule has 0 atom stereocenters. The maximum absolute atomic E-state index is 12.9. The lowest BCUT2D eigenvalue weighted by Crippen LogP contribution is -2.24. The van der Waals surface area contributed by atoms with Gasteiger partial charge >= 0.3 is 6.18 Å². The molecule has 1 amide bonds. The number of amides is 1. The van der Waals surface area contributed by atoms with Crippen molar-refractivity contribution < 1.29 is 26.4 Å². The highest BCUT2D eigenvalue weighted by atomic mass is 32.2. The molecule has 3 aromatic carbocycles. The topological polar surface area (TPSA) is 75.3 Å². The summed E-state index contributed by atoms with van der Waals surface area (Å²) in [6.45, 7) is 3.32. The molecule has 0 spiro atoms. The number of carbonyl (C=O) groups excluding carboxylic acids is 1. The monoisotopic (exact) mass is 462 g/mol. The molecule has 0 saturated heterocycles. The lowest BCUT2D eigenvalue weighted by Gasteiger charge is -2.14. The summed E-state index contributed by atoms with van der Waals surface area (Å²) in [4.78, 5) is 12.7. The molecule has 2 N–H and O–H groups in total. The summed E-state index contributed by atoms with van der Waals surface area (Å²) >= 11 is 0. The molecule has 0 bridgehead atoms. The van der Waals surface area contributed by atoms with Crippen molar-refractivity contribution in [3.05, 3.63) is 94.5 Å². The van der Waals surface area contributed by atoms with Gasteiger partial charge in [0.1, 0.15) is 0 Å². The predicted molar refractivity (Wildman–Crippen MR) is 116 cm³/mol. The van der Waals surface area contributed by atoms with Crippen LogP contribution in [0.2, 0.25) is 0 Å². The number of carbonyl (C=O) groups is 1. The third kappa shape index (κ3) is 5.47. The third-order valence-electron chi connectivity index (χ3n) is 4.86. The van der Waals surface area contributed by atoms with Crippen LogP contribution in [-0.2, 0) is 22.7 Å². The van der Waals surface area contributed by atoms with Crippen LogP contribution < -0.4 is 10.0 Å². The largest absolute Gasteiger partial charge is 0.416 e. The van der Waals surface area contributed by atoms with E-state index in [9.17, 15) is 26.4 Å². The second-order valence-electron chi connectivity index (χ2n) is 7.28. The molecular formula is C23H21F3N2O3S.